The van der Waals surface area contributed by atoms with Crippen molar-refractivity contribution in [1.29, 1.82) is 0 Å². The van der Waals surface area contributed by atoms with E-state index in [0.29, 0.717) is 24.4 Å². The lowest BCUT2D eigenvalue weighted by atomic mass is 10.1. The number of aromatic nitrogens is 2. The predicted octanol–water partition coefficient (Wildman–Crippen LogP) is 0.811. The summed E-state index contributed by atoms with van der Waals surface area (Å²) in [6.45, 7) is 2.36. The van der Waals surface area contributed by atoms with Crippen molar-refractivity contribution >= 4 is 9.24 Å². The number of rotatable bonds is 4. The first-order chi connectivity index (χ1) is 8.61. The van der Waals surface area contributed by atoms with Gasteiger partial charge in [-0.3, -0.25) is 14.3 Å². The minimum atomic E-state index is -0.354. The molecule has 98 valence electrons. The van der Waals surface area contributed by atoms with Gasteiger partial charge in [-0.15, -0.1) is 9.24 Å². The van der Waals surface area contributed by atoms with E-state index >= 15 is 0 Å². The number of nitrogens with one attached hydrogen (secondary N) is 1. The number of nitrogens with zero attached hydrogens (tertiary/aromatic N) is 1. The largest absolute Gasteiger partial charge is 0.377 e. The molecule has 1 aliphatic carbocycles. The second-order valence-electron chi connectivity index (χ2n) is 4.46. The van der Waals surface area contributed by atoms with Crippen molar-refractivity contribution in [2.24, 2.45) is 5.92 Å². The molecule has 5 nitrogen and oxygen atoms in total. The molecule has 0 saturated carbocycles. The van der Waals surface area contributed by atoms with E-state index < -0.39 is 0 Å². The van der Waals surface area contributed by atoms with Crippen LogP contribution in [0.4, 0.5) is 0 Å². The van der Waals surface area contributed by atoms with Crippen LogP contribution < -0.4 is 11.2 Å². The van der Waals surface area contributed by atoms with Crippen molar-refractivity contribution in [3.63, 3.8) is 0 Å². The molecule has 3 atom stereocenters. The lowest BCUT2D eigenvalue weighted by molar-refractivity contribution is 0.152. The quantitative estimate of drug-likeness (QED) is 0.649. The number of aromatic amines is 1. The third kappa shape index (κ3) is 2.79. The number of hydrogen-bond donors (Lipinski definition) is 1. The minimum absolute atomic E-state index is 0.00570. The lowest BCUT2D eigenvalue weighted by Crippen LogP contribution is -2.32. The van der Waals surface area contributed by atoms with E-state index in [2.05, 4.69) is 20.3 Å². The zero-order valence-corrected chi connectivity index (χ0v) is 11.4. The van der Waals surface area contributed by atoms with E-state index in [1.807, 2.05) is 6.08 Å². The van der Waals surface area contributed by atoms with Gasteiger partial charge in [-0.2, -0.15) is 0 Å². The lowest BCUT2D eigenvalue weighted by Gasteiger charge is -2.14. The highest BCUT2D eigenvalue weighted by Crippen LogP contribution is 2.26. The van der Waals surface area contributed by atoms with Gasteiger partial charge >= 0.3 is 5.69 Å². The highest BCUT2D eigenvalue weighted by Gasteiger charge is 2.21. The normalized spacial score (nSPS) is 22.6. The van der Waals surface area contributed by atoms with E-state index in [1.165, 1.54) is 0 Å². The Morgan fingerprint density at radius 1 is 1.50 bits per heavy atom. The molecule has 0 amide bonds. The van der Waals surface area contributed by atoms with Crippen LogP contribution in [-0.4, -0.2) is 22.5 Å². The summed E-state index contributed by atoms with van der Waals surface area (Å²) in [5.41, 5.74) is -0.123. The van der Waals surface area contributed by atoms with Crippen molar-refractivity contribution < 1.29 is 4.74 Å². The second-order valence-corrected chi connectivity index (χ2v) is 4.80. The molecule has 1 aromatic rings. The molecule has 0 aromatic carbocycles. The van der Waals surface area contributed by atoms with Gasteiger partial charge in [-0.1, -0.05) is 12.2 Å². The summed E-state index contributed by atoms with van der Waals surface area (Å²) in [5.74, 6) is 0.328. The van der Waals surface area contributed by atoms with Gasteiger partial charge in [-0.05, 0) is 13.3 Å². The SMILES string of the molecule is Cc1cn(C2C=CC(COCP)C2)c(=O)[nH]c1=O. The molecule has 1 aromatic heterocycles. The Morgan fingerprint density at radius 2 is 2.28 bits per heavy atom. The molecule has 1 N–H and O–H groups in total. The van der Waals surface area contributed by atoms with Gasteiger partial charge in [0.05, 0.1) is 19.0 Å². The Morgan fingerprint density at radius 3 is 3.00 bits per heavy atom. The highest BCUT2D eigenvalue weighted by atomic mass is 31.0. The van der Waals surface area contributed by atoms with Crippen LogP contribution in [0.1, 0.15) is 18.0 Å². The van der Waals surface area contributed by atoms with E-state index in [4.69, 9.17) is 4.74 Å². The second kappa shape index (κ2) is 5.63. The number of H-pyrrole nitrogens is 1. The monoisotopic (exact) mass is 268 g/mol. The third-order valence-corrected chi connectivity index (χ3v) is 3.34. The topological polar surface area (TPSA) is 64.1 Å². The van der Waals surface area contributed by atoms with Crippen LogP contribution in [0.5, 0.6) is 0 Å². The Bertz CT molecular complexity index is 561. The van der Waals surface area contributed by atoms with Gasteiger partial charge in [0.1, 0.15) is 0 Å². The van der Waals surface area contributed by atoms with Crippen LogP contribution in [0, 0.1) is 12.8 Å². The van der Waals surface area contributed by atoms with Crippen LogP contribution in [0.15, 0.2) is 27.9 Å². The van der Waals surface area contributed by atoms with Crippen molar-refractivity contribution in [2.45, 2.75) is 19.4 Å². The van der Waals surface area contributed by atoms with Crippen LogP contribution in [0.2, 0.25) is 0 Å². The molecule has 0 aliphatic heterocycles. The molecule has 3 unspecified atom stereocenters. The van der Waals surface area contributed by atoms with Crippen molar-refractivity contribution in [3.05, 3.63) is 44.8 Å². The first-order valence-corrected chi connectivity index (χ1v) is 6.71. The van der Waals surface area contributed by atoms with Gasteiger partial charge < -0.3 is 4.74 Å². The molecule has 2 rings (SSSR count). The molecule has 0 bridgehead atoms. The first kappa shape index (κ1) is 13.2. The standard InChI is InChI=1S/C12H17N2O3P/c1-8-5-14(12(16)13-11(8)15)10-3-2-9(4-10)6-17-7-18/h2-3,5,9-10H,4,6-7,18H2,1H3,(H,13,15,16). The maximum atomic E-state index is 11.7. The number of hydrogen-bond acceptors (Lipinski definition) is 3. The van der Waals surface area contributed by atoms with Crippen LogP contribution in [0.25, 0.3) is 0 Å². The summed E-state index contributed by atoms with van der Waals surface area (Å²) < 4.78 is 6.92. The zero-order valence-electron chi connectivity index (χ0n) is 10.3. The highest BCUT2D eigenvalue weighted by molar-refractivity contribution is 7.16. The fourth-order valence-electron chi connectivity index (χ4n) is 2.13. The summed E-state index contributed by atoms with van der Waals surface area (Å²) in [6.07, 6.45) is 7.13. The molecular weight excluding hydrogens is 251 g/mol. The summed E-state index contributed by atoms with van der Waals surface area (Å²) in [6, 6.07) is 0.00570. The Balaban J connectivity index is 2.15. The molecule has 0 fully saturated rings. The maximum absolute atomic E-state index is 11.7. The van der Waals surface area contributed by atoms with E-state index in [-0.39, 0.29) is 17.3 Å². The maximum Gasteiger partial charge on any atom is 0.328 e. The summed E-state index contributed by atoms with van der Waals surface area (Å²) >= 11 is 0. The van der Waals surface area contributed by atoms with Crippen molar-refractivity contribution in [1.82, 2.24) is 9.55 Å². The molecule has 1 aliphatic rings. The molecule has 1 heterocycles. The summed E-state index contributed by atoms with van der Waals surface area (Å²) in [4.78, 5) is 25.4. The average Bonchev–Trinajstić information content (AvgIpc) is 2.79. The van der Waals surface area contributed by atoms with Gasteiger partial charge in [0, 0.05) is 17.7 Å². The smallest absolute Gasteiger partial charge is 0.328 e. The Labute approximate surface area is 107 Å². The van der Waals surface area contributed by atoms with Gasteiger partial charge in [0.2, 0.25) is 0 Å². The van der Waals surface area contributed by atoms with Crippen LogP contribution >= 0.6 is 9.24 Å². The summed E-state index contributed by atoms with van der Waals surface area (Å²) in [5, 5.41) is 0. The molecule has 0 saturated heterocycles. The molecule has 18 heavy (non-hydrogen) atoms. The third-order valence-electron chi connectivity index (χ3n) is 3.10. The van der Waals surface area contributed by atoms with Crippen molar-refractivity contribution in [2.75, 3.05) is 13.0 Å². The van der Waals surface area contributed by atoms with Crippen LogP contribution in [-0.2, 0) is 4.74 Å². The Kier molecular flexibility index (Phi) is 4.15. The first-order valence-electron chi connectivity index (χ1n) is 5.90. The van der Waals surface area contributed by atoms with E-state index in [9.17, 15) is 9.59 Å². The number of ether oxygens (including phenoxy) is 1. The van der Waals surface area contributed by atoms with E-state index in [0.717, 1.165) is 6.42 Å². The molecule has 6 heteroatoms. The van der Waals surface area contributed by atoms with Gasteiger partial charge in [-0.25, -0.2) is 4.79 Å². The molecule has 0 spiro atoms. The average molecular weight is 268 g/mol. The fourth-order valence-corrected chi connectivity index (χ4v) is 2.27. The molecular formula is C12H17N2O3P. The fraction of sp³-hybridized carbons (Fsp3) is 0.500. The van der Waals surface area contributed by atoms with Gasteiger partial charge in [0.15, 0.2) is 0 Å². The predicted molar refractivity (Wildman–Crippen MR) is 72.9 cm³/mol. The number of aryl methyl sites for hydroxylation is 1. The molecule has 0 radical (unpaired) electrons. The van der Waals surface area contributed by atoms with Crippen LogP contribution in [0.3, 0.4) is 0 Å². The van der Waals surface area contributed by atoms with Gasteiger partial charge in [0.25, 0.3) is 5.56 Å². The minimum Gasteiger partial charge on any atom is -0.377 e. The zero-order chi connectivity index (χ0) is 13.1. The Hall–Kier alpha value is -1.19. The van der Waals surface area contributed by atoms with E-state index in [1.54, 1.807) is 17.7 Å². The summed E-state index contributed by atoms with van der Waals surface area (Å²) in [7, 11) is 2.52. The number of allylic oxidation sites excluding steroid dienone is 1. The van der Waals surface area contributed by atoms with Crippen molar-refractivity contribution in [3.8, 4) is 0 Å².